The average molecular weight is 445 g/mol. The molecule has 2 nitrogen and oxygen atoms in total. The third-order valence-electron chi connectivity index (χ3n) is 7.37. The van der Waals surface area contributed by atoms with Crippen molar-refractivity contribution in [3.63, 3.8) is 0 Å². The van der Waals surface area contributed by atoms with Gasteiger partial charge in [0.05, 0.1) is 0 Å². The molecule has 0 spiro atoms. The number of fused-ring (bicyclic) bond motifs is 6. The van der Waals surface area contributed by atoms with Crippen molar-refractivity contribution < 1.29 is 0 Å². The highest BCUT2D eigenvalue weighted by molar-refractivity contribution is 6.08. The molecular weight excluding hydrogens is 412 g/mol. The second-order valence-corrected chi connectivity index (χ2v) is 9.49. The average Bonchev–Trinajstić information content (AvgIpc) is 3.39. The van der Waals surface area contributed by atoms with E-state index in [9.17, 15) is 0 Å². The molecule has 2 aromatic heterocycles. The van der Waals surface area contributed by atoms with Gasteiger partial charge in [-0.25, -0.2) is 0 Å². The fourth-order valence-corrected chi connectivity index (χ4v) is 5.74. The van der Waals surface area contributed by atoms with E-state index in [4.69, 9.17) is 0 Å². The van der Waals surface area contributed by atoms with Crippen molar-refractivity contribution in [2.45, 2.75) is 51.6 Å². The molecule has 0 saturated heterocycles. The summed E-state index contributed by atoms with van der Waals surface area (Å²) in [5.41, 5.74) is 5.48. The molecule has 0 bridgehead atoms. The molecular formula is C32H32N2. The zero-order chi connectivity index (χ0) is 22.7. The zero-order valence-corrected chi connectivity index (χ0v) is 19.8. The summed E-state index contributed by atoms with van der Waals surface area (Å²) in [5.74, 6) is 0. The van der Waals surface area contributed by atoms with Gasteiger partial charge in [0.15, 0.2) is 0 Å². The predicted octanol–water partition coefficient (Wildman–Crippen LogP) is 8.94. The molecule has 0 unspecified atom stereocenters. The number of para-hydroxylation sites is 4. The van der Waals surface area contributed by atoms with Crippen molar-refractivity contribution in [3.8, 4) is 0 Å². The van der Waals surface area contributed by atoms with Gasteiger partial charge in [-0.2, -0.15) is 0 Å². The molecule has 0 saturated carbocycles. The predicted molar refractivity (Wildman–Crippen MR) is 147 cm³/mol. The summed E-state index contributed by atoms with van der Waals surface area (Å²) < 4.78 is 5.04. The van der Waals surface area contributed by atoms with Crippen LogP contribution < -0.4 is 0 Å². The van der Waals surface area contributed by atoms with E-state index in [1.54, 1.807) is 0 Å². The minimum atomic E-state index is 1.11. The number of aromatic nitrogens is 2. The third-order valence-corrected chi connectivity index (χ3v) is 7.37. The number of benzene rings is 4. The second kappa shape index (κ2) is 9.38. The third kappa shape index (κ3) is 3.77. The topological polar surface area (TPSA) is 9.86 Å². The van der Waals surface area contributed by atoms with E-state index in [2.05, 4.69) is 106 Å². The van der Waals surface area contributed by atoms with Gasteiger partial charge in [-0.15, -0.1) is 0 Å². The smallest absolute Gasteiger partial charge is 0.0491 e. The van der Waals surface area contributed by atoms with E-state index in [0.29, 0.717) is 0 Å². The minimum Gasteiger partial charge on any atom is -0.340 e. The summed E-state index contributed by atoms with van der Waals surface area (Å²) in [4.78, 5) is 0. The SMILES string of the molecule is c1ccc2c(c1)c1ccccc1n2CCCCCCCCn1c2ccccc2c2ccccc21. The molecule has 2 heteroatoms. The van der Waals surface area contributed by atoms with Crippen molar-refractivity contribution >= 4 is 43.6 Å². The van der Waals surface area contributed by atoms with Crippen molar-refractivity contribution in [3.05, 3.63) is 97.1 Å². The number of hydrogen-bond donors (Lipinski definition) is 0. The molecule has 6 aromatic rings. The molecule has 0 amide bonds. The second-order valence-electron chi connectivity index (χ2n) is 9.49. The summed E-state index contributed by atoms with van der Waals surface area (Å²) in [6, 6.07) is 35.3. The first kappa shape index (κ1) is 21.0. The van der Waals surface area contributed by atoms with Crippen LogP contribution in [0.5, 0.6) is 0 Å². The van der Waals surface area contributed by atoms with Gasteiger partial charge in [0, 0.05) is 56.7 Å². The van der Waals surface area contributed by atoms with Crippen molar-refractivity contribution in [1.82, 2.24) is 9.13 Å². The Morgan fingerprint density at radius 3 is 0.912 bits per heavy atom. The van der Waals surface area contributed by atoms with E-state index in [1.165, 1.54) is 82.1 Å². The quantitative estimate of drug-likeness (QED) is 0.197. The fraction of sp³-hybridized carbons (Fsp3) is 0.250. The van der Waals surface area contributed by atoms with Gasteiger partial charge in [-0.1, -0.05) is 98.5 Å². The highest BCUT2D eigenvalue weighted by atomic mass is 15.0. The van der Waals surface area contributed by atoms with Crippen LogP contribution in [0, 0.1) is 0 Å². The number of rotatable bonds is 9. The van der Waals surface area contributed by atoms with E-state index in [-0.39, 0.29) is 0 Å². The molecule has 0 aliphatic carbocycles. The standard InChI is InChI=1S/C32H32N2/c1(3-13-23-33-29-19-9-5-15-25(29)26-16-6-10-20-30(26)33)2-4-14-24-34-31-21-11-7-17-27(31)28-18-8-12-22-32(28)34/h5-12,15-22H,1-4,13-14,23-24H2. The lowest BCUT2D eigenvalue weighted by atomic mass is 10.1. The Bertz CT molecular complexity index is 1340. The molecule has 6 rings (SSSR count). The van der Waals surface area contributed by atoms with E-state index in [1.807, 2.05) is 0 Å². The van der Waals surface area contributed by atoms with Gasteiger partial charge in [-0.3, -0.25) is 0 Å². The van der Waals surface area contributed by atoms with Crippen molar-refractivity contribution in [1.29, 1.82) is 0 Å². The normalized spacial score (nSPS) is 11.9. The Morgan fingerprint density at radius 1 is 0.324 bits per heavy atom. The molecule has 0 aliphatic heterocycles. The van der Waals surface area contributed by atoms with Gasteiger partial charge in [-0.05, 0) is 37.1 Å². The van der Waals surface area contributed by atoms with Crippen molar-refractivity contribution in [2.24, 2.45) is 0 Å². The summed E-state index contributed by atoms with van der Waals surface area (Å²) >= 11 is 0. The van der Waals surface area contributed by atoms with Crippen LogP contribution in [0.1, 0.15) is 38.5 Å². The van der Waals surface area contributed by atoms with E-state index >= 15 is 0 Å². The largest absolute Gasteiger partial charge is 0.340 e. The van der Waals surface area contributed by atoms with Crippen LogP contribution in [0.3, 0.4) is 0 Å². The molecule has 4 aromatic carbocycles. The van der Waals surface area contributed by atoms with Gasteiger partial charge in [0.25, 0.3) is 0 Å². The molecule has 0 atom stereocenters. The van der Waals surface area contributed by atoms with Gasteiger partial charge < -0.3 is 9.13 Å². The van der Waals surface area contributed by atoms with Gasteiger partial charge in [0.1, 0.15) is 0 Å². The Hall–Kier alpha value is -3.52. The summed E-state index contributed by atoms with van der Waals surface area (Å²) in [7, 11) is 0. The molecule has 0 radical (unpaired) electrons. The summed E-state index contributed by atoms with van der Waals surface area (Å²) in [6.45, 7) is 2.21. The summed E-state index contributed by atoms with van der Waals surface area (Å²) in [5, 5.41) is 5.51. The number of unbranched alkanes of at least 4 members (excludes halogenated alkanes) is 5. The van der Waals surface area contributed by atoms with Crippen LogP contribution in [0.4, 0.5) is 0 Å². The number of nitrogens with zero attached hydrogens (tertiary/aromatic N) is 2. The lowest BCUT2D eigenvalue weighted by Crippen LogP contribution is -1.98. The van der Waals surface area contributed by atoms with Gasteiger partial charge in [0.2, 0.25) is 0 Å². The zero-order valence-electron chi connectivity index (χ0n) is 19.8. The molecule has 170 valence electrons. The Morgan fingerprint density at radius 2 is 0.588 bits per heavy atom. The monoisotopic (exact) mass is 444 g/mol. The molecule has 34 heavy (non-hydrogen) atoms. The highest BCUT2D eigenvalue weighted by Gasteiger charge is 2.10. The Labute approximate surface area is 201 Å². The fourth-order valence-electron chi connectivity index (χ4n) is 5.74. The number of hydrogen-bond acceptors (Lipinski definition) is 0. The summed E-state index contributed by atoms with van der Waals surface area (Å²) in [6.07, 6.45) is 7.74. The maximum atomic E-state index is 2.52. The van der Waals surface area contributed by atoms with E-state index < -0.39 is 0 Å². The maximum Gasteiger partial charge on any atom is 0.0491 e. The molecule has 0 aliphatic rings. The molecule has 0 fully saturated rings. The number of aryl methyl sites for hydroxylation is 2. The Kier molecular flexibility index (Phi) is 5.81. The minimum absolute atomic E-state index is 1.11. The molecule has 2 heterocycles. The maximum absolute atomic E-state index is 2.52. The van der Waals surface area contributed by atoms with Crippen LogP contribution in [0.2, 0.25) is 0 Å². The van der Waals surface area contributed by atoms with Crippen LogP contribution in [-0.2, 0) is 13.1 Å². The first-order valence-corrected chi connectivity index (χ1v) is 12.8. The first-order valence-electron chi connectivity index (χ1n) is 12.8. The van der Waals surface area contributed by atoms with Crippen molar-refractivity contribution in [2.75, 3.05) is 0 Å². The lowest BCUT2D eigenvalue weighted by Gasteiger charge is -2.09. The lowest BCUT2D eigenvalue weighted by molar-refractivity contribution is 0.545. The Balaban J connectivity index is 1.02. The van der Waals surface area contributed by atoms with Crippen LogP contribution in [0.15, 0.2) is 97.1 Å². The first-order chi connectivity index (χ1) is 16.9. The van der Waals surface area contributed by atoms with E-state index in [0.717, 1.165) is 13.1 Å². The van der Waals surface area contributed by atoms with Crippen LogP contribution in [0.25, 0.3) is 43.6 Å². The van der Waals surface area contributed by atoms with Gasteiger partial charge >= 0.3 is 0 Å². The molecule has 0 N–H and O–H groups in total. The van der Waals surface area contributed by atoms with Crippen LogP contribution in [-0.4, -0.2) is 9.13 Å². The van der Waals surface area contributed by atoms with Crippen LogP contribution >= 0.6 is 0 Å². The highest BCUT2D eigenvalue weighted by Crippen LogP contribution is 2.30.